The van der Waals surface area contributed by atoms with Crippen molar-refractivity contribution in [1.29, 1.82) is 0 Å². The summed E-state index contributed by atoms with van der Waals surface area (Å²) < 4.78 is 5.44. The molecule has 1 saturated heterocycles. The highest BCUT2D eigenvalue weighted by Crippen LogP contribution is 2.32. The quantitative estimate of drug-likeness (QED) is 0.822. The van der Waals surface area contributed by atoms with E-state index in [1.54, 1.807) is 41.3 Å². The summed E-state index contributed by atoms with van der Waals surface area (Å²) >= 11 is 0. The maximum absolute atomic E-state index is 13.0. The molecule has 0 saturated carbocycles. The van der Waals surface area contributed by atoms with Gasteiger partial charge in [0.05, 0.1) is 0 Å². The third-order valence-corrected chi connectivity index (χ3v) is 4.89. The van der Waals surface area contributed by atoms with Crippen LogP contribution < -0.4 is 15.8 Å². The van der Waals surface area contributed by atoms with Crippen molar-refractivity contribution in [2.75, 3.05) is 25.0 Å². The van der Waals surface area contributed by atoms with E-state index in [1.165, 1.54) is 0 Å². The zero-order valence-electron chi connectivity index (χ0n) is 15.5. The number of nitrogens with two attached hydrogens (primary N) is 1. The van der Waals surface area contributed by atoms with Gasteiger partial charge in [-0.25, -0.2) is 0 Å². The van der Waals surface area contributed by atoms with Crippen LogP contribution in [0.5, 0.6) is 5.75 Å². The monoisotopic (exact) mass is 367 g/mol. The second kappa shape index (κ2) is 8.22. The topological polar surface area (TPSA) is 84.7 Å². The van der Waals surface area contributed by atoms with E-state index in [1.807, 2.05) is 25.1 Å². The van der Waals surface area contributed by atoms with Crippen LogP contribution in [0.15, 0.2) is 54.6 Å². The molecule has 6 heteroatoms. The van der Waals surface area contributed by atoms with Crippen molar-refractivity contribution in [1.82, 2.24) is 4.90 Å². The molecule has 27 heavy (non-hydrogen) atoms. The summed E-state index contributed by atoms with van der Waals surface area (Å²) in [5.74, 6) is 0.405. The second-order valence-corrected chi connectivity index (χ2v) is 6.82. The number of benzene rings is 2. The maximum atomic E-state index is 13.0. The number of hydrogen-bond donors (Lipinski definition) is 2. The van der Waals surface area contributed by atoms with Gasteiger partial charge in [0.2, 0.25) is 5.91 Å². The molecule has 2 aromatic carbocycles. The fourth-order valence-electron chi connectivity index (χ4n) is 3.34. The average molecular weight is 367 g/mol. The minimum atomic E-state index is -0.873. The Hall–Kier alpha value is -2.86. The van der Waals surface area contributed by atoms with Gasteiger partial charge in [-0.1, -0.05) is 18.2 Å². The SMILES string of the molecule is CC1(C(=O)Nc2ccc(OCCN)cc2)CCCN1C(=O)c1ccccc1. The molecule has 0 radical (unpaired) electrons. The van der Waals surface area contributed by atoms with Crippen LogP contribution in [-0.4, -0.2) is 41.9 Å². The molecule has 1 unspecified atom stereocenters. The van der Waals surface area contributed by atoms with E-state index in [0.29, 0.717) is 43.1 Å². The predicted octanol–water partition coefficient (Wildman–Crippen LogP) is 2.66. The van der Waals surface area contributed by atoms with Crippen molar-refractivity contribution >= 4 is 17.5 Å². The Labute approximate surface area is 159 Å². The molecule has 6 nitrogen and oxygen atoms in total. The van der Waals surface area contributed by atoms with E-state index in [4.69, 9.17) is 10.5 Å². The van der Waals surface area contributed by atoms with Crippen LogP contribution in [0.4, 0.5) is 5.69 Å². The molecule has 1 fully saturated rings. The highest BCUT2D eigenvalue weighted by molar-refractivity contribution is 6.03. The van der Waals surface area contributed by atoms with E-state index in [9.17, 15) is 9.59 Å². The first kappa shape index (κ1) is 18.9. The van der Waals surface area contributed by atoms with Gasteiger partial charge in [0.25, 0.3) is 5.91 Å². The maximum Gasteiger partial charge on any atom is 0.254 e. The van der Waals surface area contributed by atoms with E-state index < -0.39 is 5.54 Å². The van der Waals surface area contributed by atoms with E-state index in [0.717, 1.165) is 6.42 Å². The number of carbonyl (C=O) groups excluding carboxylic acids is 2. The first-order valence-corrected chi connectivity index (χ1v) is 9.16. The van der Waals surface area contributed by atoms with Gasteiger partial charge in [-0.05, 0) is 56.2 Å². The lowest BCUT2D eigenvalue weighted by Gasteiger charge is -2.34. The largest absolute Gasteiger partial charge is 0.492 e. The fraction of sp³-hybridized carbons (Fsp3) is 0.333. The van der Waals surface area contributed by atoms with Gasteiger partial charge in [-0.15, -0.1) is 0 Å². The molecule has 142 valence electrons. The van der Waals surface area contributed by atoms with Gasteiger partial charge in [-0.3, -0.25) is 9.59 Å². The number of ether oxygens (including phenoxy) is 1. The summed E-state index contributed by atoms with van der Waals surface area (Å²) in [6.07, 6.45) is 1.43. The van der Waals surface area contributed by atoms with Crippen LogP contribution in [0.1, 0.15) is 30.1 Å². The summed E-state index contributed by atoms with van der Waals surface area (Å²) in [6.45, 7) is 3.29. The van der Waals surface area contributed by atoms with E-state index in [2.05, 4.69) is 5.32 Å². The number of carbonyl (C=O) groups is 2. The molecule has 0 aliphatic carbocycles. The summed E-state index contributed by atoms with van der Waals surface area (Å²) in [4.78, 5) is 27.5. The van der Waals surface area contributed by atoms with E-state index >= 15 is 0 Å². The van der Waals surface area contributed by atoms with Crippen LogP contribution in [0.3, 0.4) is 0 Å². The van der Waals surface area contributed by atoms with Gasteiger partial charge in [0.15, 0.2) is 0 Å². The molecule has 1 aliphatic heterocycles. The Bertz CT molecular complexity index is 792. The third-order valence-electron chi connectivity index (χ3n) is 4.89. The molecular weight excluding hydrogens is 342 g/mol. The predicted molar refractivity (Wildman–Crippen MR) is 105 cm³/mol. The minimum Gasteiger partial charge on any atom is -0.492 e. The van der Waals surface area contributed by atoms with Gasteiger partial charge in [0, 0.05) is 24.3 Å². The Kier molecular flexibility index (Phi) is 5.76. The molecule has 1 aliphatic rings. The summed E-state index contributed by atoms with van der Waals surface area (Å²) in [7, 11) is 0. The van der Waals surface area contributed by atoms with Crippen LogP contribution in [0.2, 0.25) is 0 Å². The van der Waals surface area contributed by atoms with Crippen molar-refractivity contribution in [3.8, 4) is 5.75 Å². The van der Waals surface area contributed by atoms with E-state index in [-0.39, 0.29) is 11.8 Å². The standard InChI is InChI=1S/C21H25N3O3/c1-21(12-5-14-24(21)19(25)16-6-3-2-4-7-16)20(26)23-17-8-10-18(11-9-17)27-15-13-22/h2-4,6-11H,5,12-15,22H2,1H3,(H,23,26). The average Bonchev–Trinajstić information content (AvgIpc) is 3.10. The number of nitrogens with one attached hydrogen (secondary N) is 1. The van der Waals surface area contributed by atoms with Crippen molar-refractivity contribution in [3.63, 3.8) is 0 Å². The van der Waals surface area contributed by atoms with Crippen LogP contribution in [0, 0.1) is 0 Å². The molecular formula is C21H25N3O3. The van der Waals surface area contributed by atoms with Crippen LogP contribution in [-0.2, 0) is 4.79 Å². The molecule has 2 aromatic rings. The molecule has 2 amide bonds. The Balaban J connectivity index is 1.71. The molecule has 3 N–H and O–H groups in total. The van der Waals surface area contributed by atoms with Crippen LogP contribution in [0.25, 0.3) is 0 Å². The van der Waals surface area contributed by atoms with Gasteiger partial charge in [0.1, 0.15) is 17.9 Å². The first-order valence-electron chi connectivity index (χ1n) is 9.16. The zero-order chi connectivity index (χ0) is 19.3. The number of amides is 2. The zero-order valence-corrected chi connectivity index (χ0v) is 15.5. The second-order valence-electron chi connectivity index (χ2n) is 6.82. The Morgan fingerprint density at radius 2 is 1.85 bits per heavy atom. The number of hydrogen-bond acceptors (Lipinski definition) is 4. The van der Waals surface area contributed by atoms with Gasteiger partial charge >= 0.3 is 0 Å². The van der Waals surface area contributed by atoms with Crippen molar-refractivity contribution < 1.29 is 14.3 Å². The summed E-state index contributed by atoms with van der Waals surface area (Å²) in [5, 5.41) is 2.93. The highest BCUT2D eigenvalue weighted by Gasteiger charge is 2.45. The lowest BCUT2D eigenvalue weighted by atomic mass is 9.96. The molecule has 0 bridgehead atoms. The Morgan fingerprint density at radius 1 is 1.15 bits per heavy atom. The minimum absolute atomic E-state index is 0.115. The normalized spacial score (nSPS) is 19.0. The van der Waals surface area contributed by atoms with Crippen molar-refractivity contribution in [3.05, 3.63) is 60.2 Å². The number of nitrogens with zero attached hydrogens (tertiary/aromatic N) is 1. The third kappa shape index (κ3) is 4.11. The van der Waals surface area contributed by atoms with Gasteiger partial charge < -0.3 is 20.7 Å². The highest BCUT2D eigenvalue weighted by atomic mass is 16.5. The molecule has 1 heterocycles. The molecule has 1 atom stereocenters. The lowest BCUT2D eigenvalue weighted by molar-refractivity contribution is -0.124. The summed E-state index contributed by atoms with van der Waals surface area (Å²) in [5.41, 5.74) is 5.81. The Morgan fingerprint density at radius 3 is 2.52 bits per heavy atom. The molecule has 0 spiro atoms. The summed E-state index contributed by atoms with van der Waals surface area (Å²) in [6, 6.07) is 16.2. The van der Waals surface area contributed by atoms with Crippen molar-refractivity contribution in [2.24, 2.45) is 5.73 Å². The number of likely N-dealkylation sites (tertiary alicyclic amines) is 1. The first-order chi connectivity index (χ1) is 13.0. The molecule has 3 rings (SSSR count). The fourth-order valence-corrected chi connectivity index (χ4v) is 3.34. The van der Waals surface area contributed by atoms with Gasteiger partial charge in [-0.2, -0.15) is 0 Å². The van der Waals surface area contributed by atoms with Crippen molar-refractivity contribution in [2.45, 2.75) is 25.3 Å². The number of anilines is 1. The number of rotatable bonds is 6. The lowest BCUT2D eigenvalue weighted by Crippen LogP contribution is -2.53. The van der Waals surface area contributed by atoms with Crippen LogP contribution >= 0.6 is 0 Å². The smallest absolute Gasteiger partial charge is 0.254 e. The molecule has 0 aromatic heterocycles.